The normalized spacial score (nSPS) is 12.0. The van der Waals surface area contributed by atoms with E-state index in [0.29, 0.717) is 23.6 Å². The molecule has 2 aromatic rings. The van der Waals surface area contributed by atoms with Gasteiger partial charge in [0.25, 0.3) is 0 Å². The highest BCUT2D eigenvalue weighted by Crippen LogP contribution is 2.36. The molecule has 10 heteroatoms. The fraction of sp³-hybridized carbons (Fsp3) is 0.222. The van der Waals surface area contributed by atoms with E-state index < -0.39 is 17.7 Å². The first kappa shape index (κ1) is 21.5. The highest BCUT2D eigenvalue weighted by atomic mass is 35.5. The lowest BCUT2D eigenvalue weighted by Gasteiger charge is -2.13. The first-order valence-electron chi connectivity index (χ1n) is 7.69. The number of halogens is 4. The van der Waals surface area contributed by atoms with Crippen molar-refractivity contribution in [3.63, 3.8) is 0 Å². The molecule has 0 amide bonds. The molecule has 28 heavy (non-hydrogen) atoms. The van der Waals surface area contributed by atoms with Crippen LogP contribution in [0.2, 0.25) is 5.02 Å². The first-order chi connectivity index (χ1) is 13.1. The Kier molecular flexibility index (Phi) is 6.87. The number of carbonyl (C=O) groups is 1. The highest BCUT2D eigenvalue weighted by Gasteiger charge is 2.31. The van der Waals surface area contributed by atoms with Gasteiger partial charge in [-0.05, 0) is 31.2 Å². The van der Waals surface area contributed by atoms with Gasteiger partial charge in [-0.25, -0.2) is 9.78 Å². The van der Waals surface area contributed by atoms with Crippen molar-refractivity contribution in [1.82, 2.24) is 4.98 Å². The number of alkyl halides is 3. The molecule has 6 nitrogen and oxygen atoms in total. The van der Waals surface area contributed by atoms with E-state index in [4.69, 9.17) is 30.9 Å². The fourth-order valence-corrected chi connectivity index (χ4v) is 2.20. The van der Waals surface area contributed by atoms with Crippen LogP contribution in [-0.4, -0.2) is 30.0 Å². The lowest BCUT2D eigenvalue weighted by atomic mass is 10.1. The first-order valence-corrected chi connectivity index (χ1v) is 8.07. The number of aromatic nitrogens is 1. The molecule has 0 aliphatic carbocycles. The van der Waals surface area contributed by atoms with Gasteiger partial charge in [0.05, 0.1) is 5.56 Å². The summed E-state index contributed by atoms with van der Waals surface area (Å²) in [5.74, 6) is -1.01. The molecular formula is C18H15ClF3NO5. The van der Waals surface area contributed by atoms with Crippen molar-refractivity contribution < 1.29 is 37.3 Å². The Balaban J connectivity index is 2.43. The predicted molar refractivity (Wildman–Crippen MR) is 94.6 cm³/mol. The maximum absolute atomic E-state index is 12.7. The van der Waals surface area contributed by atoms with E-state index in [1.165, 1.54) is 32.2 Å². The van der Waals surface area contributed by atoms with Crippen molar-refractivity contribution in [2.24, 2.45) is 0 Å². The lowest BCUT2D eigenvalue weighted by Crippen LogP contribution is -2.06. The van der Waals surface area contributed by atoms with Crippen LogP contribution in [0.15, 0.2) is 36.0 Å². The molecule has 0 saturated heterocycles. The monoisotopic (exact) mass is 417 g/mol. The molecule has 0 atom stereocenters. The molecule has 0 aliphatic heterocycles. The Bertz CT molecular complexity index is 899. The van der Waals surface area contributed by atoms with E-state index >= 15 is 0 Å². The zero-order valence-electron chi connectivity index (χ0n) is 14.7. The third kappa shape index (κ3) is 5.61. The molecule has 150 valence electrons. The van der Waals surface area contributed by atoms with E-state index in [2.05, 4.69) is 4.98 Å². The Morgan fingerprint density at radius 1 is 1.32 bits per heavy atom. The number of hydrogen-bond donors (Lipinski definition) is 1. The summed E-state index contributed by atoms with van der Waals surface area (Å²) < 4.78 is 53.9. The van der Waals surface area contributed by atoms with Crippen LogP contribution in [0.25, 0.3) is 6.08 Å². The molecule has 0 fully saturated rings. The Hall–Kier alpha value is -2.78. The minimum absolute atomic E-state index is 0.0156. The molecule has 1 aromatic carbocycles. The quantitative estimate of drug-likeness (QED) is 0.503. The van der Waals surface area contributed by atoms with Crippen LogP contribution in [0.5, 0.6) is 17.4 Å². The number of ether oxygens (including phenoxy) is 3. The van der Waals surface area contributed by atoms with Crippen molar-refractivity contribution >= 4 is 23.6 Å². The van der Waals surface area contributed by atoms with Gasteiger partial charge >= 0.3 is 12.1 Å². The summed E-state index contributed by atoms with van der Waals surface area (Å²) in [5.41, 5.74) is -0.673. The van der Waals surface area contributed by atoms with Gasteiger partial charge in [-0.15, -0.1) is 0 Å². The number of benzene rings is 1. The van der Waals surface area contributed by atoms with Crippen molar-refractivity contribution in [2.45, 2.75) is 13.1 Å². The minimum atomic E-state index is -4.60. The molecular weight excluding hydrogens is 403 g/mol. The van der Waals surface area contributed by atoms with E-state index in [-0.39, 0.29) is 29.0 Å². The van der Waals surface area contributed by atoms with Crippen LogP contribution in [-0.2, 0) is 15.7 Å². The molecule has 1 heterocycles. The average molecular weight is 418 g/mol. The number of rotatable bonds is 7. The number of carboxylic acids is 1. The van der Waals surface area contributed by atoms with Crippen LogP contribution >= 0.6 is 11.6 Å². The average Bonchev–Trinajstić information content (AvgIpc) is 2.62. The van der Waals surface area contributed by atoms with Crippen molar-refractivity contribution in [1.29, 1.82) is 0 Å². The molecule has 0 radical (unpaired) electrons. The van der Waals surface area contributed by atoms with Gasteiger partial charge in [0.15, 0.2) is 6.79 Å². The molecule has 0 spiro atoms. The third-order valence-electron chi connectivity index (χ3n) is 3.38. The second-order valence-electron chi connectivity index (χ2n) is 5.49. The molecule has 0 aliphatic rings. The van der Waals surface area contributed by atoms with Gasteiger partial charge in [0.1, 0.15) is 16.5 Å². The lowest BCUT2D eigenvalue weighted by molar-refractivity contribution is -0.138. The van der Waals surface area contributed by atoms with E-state index in [9.17, 15) is 18.0 Å². The zero-order valence-corrected chi connectivity index (χ0v) is 15.5. The van der Waals surface area contributed by atoms with Gasteiger partial charge in [-0.1, -0.05) is 11.6 Å². The van der Waals surface area contributed by atoms with Gasteiger partial charge in [-0.3, -0.25) is 0 Å². The summed E-state index contributed by atoms with van der Waals surface area (Å²) in [6, 6.07) is 5.17. The molecule has 1 N–H and O–H groups in total. The summed E-state index contributed by atoms with van der Waals surface area (Å²) >= 11 is 5.87. The summed E-state index contributed by atoms with van der Waals surface area (Å²) in [7, 11) is 1.43. The predicted octanol–water partition coefficient (Wildman–Crippen LogP) is 5.02. The maximum Gasteiger partial charge on any atom is 0.417 e. The van der Waals surface area contributed by atoms with Crippen LogP contribution in [0.3, 0.4) is 0 Å². The number of pyridine rings is 1. The molecule has 0 bridgehead atoms. The SMILES string of the molecule is COCOc1ccc(C=C(C)C(=O)O)c(Oc2ncc(C(F)(F)F)cc2Cl)c1. The maximum atomic E-state index is 12.7. The smallest absolute Gasteiger partial charge is 0.417 e. The number of aliphatic carboxylic acids is 1. The van der Waals surface area contributed by atoms with Gasteiger partial charge < -0.3 is 19.3 Å². The van der Waals surface area contributed by atoms with Gasteiger partial charge in [-0.2, -0.15) is 13.2 Å². The summed E-state index contributed by atoms with van der Waals surface area (Å²) in [6.45, 7) is 1.33. The van der Waals surface area contributed by atoms with Crippen LogP contribution in [0.4, 0.5) is 13.2 Å². The van der Waals surface area contributed by atoms with Crippen LogP contribution in [0.1, 0.15) is 18.1 Å². The van der Waals surface area contributed by atoms with E-state index in [0.717, 1.165) is 0 Å². The topological polar surface area (TPSA) is 77.9 Å². The molecule has 1 aromatic heterocycles. The Labute approximate surface area is 163 Å². The molecule has 0 saturated carbocycles. The fourth-order valence-electron chi connectivity index (χ4n) is 1.99. The van der Waals surface area contributed by atoms with Crippen molar-refractivity contribution in [3.8, 4) is 17.4 Å². The molecule has 2 rings (SSSR count). The standard InChI is InChI=1S/C18H15ClF3NO5/c1-10(17(24)25)5-11-3-4-13(27-9-26-2)7-15(11)28-16-14(19)6-12(8-23-16)18(20,21)22/h3-8H,9H2,1-2H3,(H,24,25). The number of hydrogen-bond acceptors (Lipinski definition) is 5. The van der Waals surface area contributed by atoms with Gasteiger partial charge in [0.2, 0.25) is 5.88 Å². The van der Waals surface area contributed by atoms with Crippen molar-refractivity contribution in [2.75, 3.05) is 13.9 Å². The summed E-state index contributed by atoms with van der Waals surface area (Å²) in [4.78, 5) is 14.7. The second-order valence-corrected chi connectivity index (χ2v) is 5.90. The van der Waals surface area contributed by atoms with Crippen LogP contribution < -0.4 is 9.47 Å². The van der Waals surface area contributed by atoms with Crippen molar-refractivity contribution in [3.05, 3.63) is 52.2 Å². The molecule has 0 unspecified atom stereocenters. The summed E-state index contributed by atoms with van der Waals surface area (Å²) in [6.07, 6.45) is -2.68. The largest absolute Gasteiger partial charge is 0.478 e. The Morgan fingerprint density at radius 2 is 2.04 bits per heavy atom. The third-order valence-corrected chi connectivity index (χ3v) is 3.65. The number of carboxylic acid groups (broad SMARTS) is 1. The van der Waals surface area contributed by atoms with E-state index in [1.807, 2.05) is 0 Å². The van der Waals surface area contributed by atoms with Crippen LogP contribution in [0, 0.1) is 0 Å². The zero-order chi connectivity index (χ0) is 20.9. The number of nitrogens with zero attached hydrogens (tertiary/aromatic N) is 1. The number of methoxy groups -OCH3 is 1. The Morgan fingerprint density at radius 3 is 2.61 bits per heavy atom. The minimum Gasteiger partial charge on any atom is -0.478 e. The second kappa shape index (κ2) is 8.94. The van der Waals surface area contributed by atoms with Gasteiger partial charge in [0, 0.05) is 30.5 Å². The highest BCUT2D eigenvalue weighted by molar-refractivity contribution is 6.31. The van der Waals surface area contributed by atoms with E-state index in [1.54, 1.807) is 6.07 Å². The summed E-state index contributed by atoms with van der Waals surface area (Å²) in [5, 5.41) is 8.70.